The van der Waals surface area contributed by atoms with Crippen LogP contribution in [0, 0.1) is 11.6 Å². The van der Waals surface area contributed by atoms with Gasteiger partial charge in [-0.15, -0.1) is 0 Å². The largest absolute Gasteiger partial charge is 0.506 e. The van der Waals surface area contributed by atoms with Crippen molar-refractivity contribution in [3.05, 3.63) is 53.6 Å². The Morgan fingerprint density at radius 3 is 2.43 bits per heavy atom. The second kappa shape index (κ2) is 5.66. The molecule has 2 aromatic carbocycles. The maximum atomic E-state index is 13.0. The topological polar surface area (TPSA) is 92.4 Å². The molecule has 0 amide bonds. The quantitative estimate of drug-likeness (QED) is 0.592. The summed E-state index contributed by atoms with van der Waals surface area (Å²) in [4.78, 5) is -0.139. The van der Waals surface area contributed by atoms with Crippen LogP contribution in [-0.4, -0.2) is 13.5 Å². The van der Waals surface area contributed by atoms with Crippen molar-refractivity contribution >= 4 is 15.7 Å². The fraction of sp³-hybridized carbons (Fsp3) is 0.0769. The number of nitrogens with two attached hydrogens (primary N) is 1. The molecule has 0 atom stereocenters. The molecule has 0 spiro atoms. The number of phenolic OH excluding ortho intramolecular Hbond substituents is 1. The SMILES string of the molecule is Nc1cc(S(=O)(=O)NCc2ccc(F)c(F)c2)ccc1O. The van der Waals surface area contributed by atoms with E-state index in [9.17, 15) is 22.3 Å². The number of rotatable bonds is 4. The summed E-state index contributed by atoms with van der Waals surface area (Å²) in [7, 11) is -3.88. The number of sulfonamides is 1. The van der Waals surface area contributed by atoms with E-state index >= 15 is 0 Å². The van der Waals surface area contributed by atoms with E-state index in [1.165, 1.54) is 12.1 Å². The Bertz CT molecular complexity index is 779. The molecule has 4 N–H and O–H groups in total. The molecule has 21 heavy (non-hydrogen) atoms. The molecule has 2 rings (SSSR count). The van der Waals surface area contributed by atoms with Gasteiger partial charge in [-0.1, -0.05) is 6.07 Å². The molecule has 2 aromatic rings. The van der Waals surface area contributed by atoms with Crippen LogP contribution in [0.15, 0.2) is 41.3 Å². The molecule has 0 aliphatic carbocycles. The molecule has 112 valence electrons. The van der Waals surface area contributed by atoms with E-state index in [0.717, 1.165) is 24.3 Å². The van der Waals surface area contributed by atoms with Crippen molar-refractivity contribution < 1.29 is 22.3 Å². The lowest BCUT2D eigenvalue weighted by molar-refractivity contribution is 0.477. The minimum absolute atomic E-state index is 0.0781. The van der Waals surface area contributed by atoms with Gasteiger partial charge in [-0.25, -0.2) is 21.9 Å². The van der Waals surface area contributed by atoms with Crippen LogP contribution in [0.2, 0.25) is 0 Å². The molecule has 0 saturated heterocycles. The zero-order valence-electron chi connectivity index (χ0n) is 10.7. The Balaban J connectivity index is 2.17. The number of nitrogens with one attached hydrogen (secondary N) is 1. The molecule has 8 heteroatoms. The summed E-state index contributed by atoms with van der Waals surface area (Å²) < 4.78 is 52.0. The van der Waals surface area contributed by atoms with Gasteiger partial charge in [-0.2, -0.15) is 0 Å². The van der Waals surface area contributed by atoms with Crippen molar-refractivity contribution in [2.75, 3.05) is 5.73 Å². The number of phenols is 1. The van der Waals surface area contributed by atoms with Gasteiger partial charge in [0, 0.05) is 6.54 Å². The van der Waals surface area contributed by atoms with Gasteiger partial charge in [0.05, 0.1) is 10.6 Å². The highest BCUT2D eigenvalue weighted by Gasteiger charge is 2.15. The van der Waals surface area contributed by atoms with Crippen molar-refractivity contribution in [1.29, 1.82) is 0 Å². The van der Waals surface area contributed by atoms with Crippen molar-refractivity contribution in [2.45, 2.75) is 11.4 Å². The van der Waals surface area contributed by atoms with Gasteiger partial charge in [0.25, 0.3) is 0 Å². The lowest BCUT2D eigenvalue weighted by atomic mass is 10.2. The maximum absolute atomic E-state index is 13.0. The van der Waals surface area contributed by atoms with E-state index in [4.69, 9.17) is 5.73 Å². The molecule has 0 fully saturated rings. The third kappa shape index (κ3) is 3.47. The molecule has 0 aliphatic rings. The van der Waals surface area contributed by atoms with Crippen LogP contribution in [0.4, 0.5) is 14.5 Å². The van der Waals surface area contributed by atoms with Crippen LogP contribution in [-0.2, 0) is 16.6 Å². The average Bonchev–Trinajstić information content (AvgIpc) is 2.43. The number of hydrogen-bond acceptors (Lipinski definition) is 4. The standard InChI is InChI=1S/C13H12F2N2O3S/c14-10-3-1-8(5-11(10)15)7-17-21(19,20)9-2-4-13(18)12(16)6-9/h1-6,17-18H,7,16H2. The lowest BCUT2D eigenvalue weighted by Crippen LogP contribution is -2.23. The summed E-state index contributed by atoms with van der Waals surface area (Å²) in [5, 5.41) is 9.26. The van der Waals surface area contributed by atoms with Gasteiger partial charge < -0.3 is 10.8 Å². The molecule has 0 aliphatic heterocycles. The second-order valence-corrected chi connectivity index (χ2v) is 6.06. The molecule has 0 heterocycles. The molecule has 0 aromatic heterocycles. The van der Waals surface area contributed by atoms with Crippen LogP contribution in [0.5, 0.6) is 5.75 Å². The molecule has 0 saturated carbocycles. The van der Waals surface area contributed by atoms with Crippen LogP contribution in [0.25, 0.3) is 0 Å². The van der Waals surface area contributed by atoms with Crippen molar-refractivity contribution in [3.63, 3.8) is 0 Å². The smallest absolute Gasteiger partial charge is 0.240 e. The normalized spacial score (nSPS) is 11.5. The Morgan fingerprint density at radius 2 is 1.81 bits per heavy atom. The van der Waals surface area contributed by atoms with E-state index in [1.807, 2.05) is 0 Å². The molecule has 0 unspecified atom stereocenters. The second-order valence-electron chi connectivity index (χ2n) is 4.29. The predicted octanol–water partition coefficient (Wildman–Crippen LogP) is 1.73. The van der Waals surface area contributed by atoms with E-state index in [1.54, 1.807) is 0 Å². The zero-order valence-corrected chi connectivity index (χ0v) is 11.5. The van der Waals surface area contributed by atoms with Gasteiger partial charge in [0.2, 0.25) is 10.0 Å². The summed E-state index contributed by atoms with van der Waals surface area (Å²) in [5.41, 5.74) is 5.62. The van der Waals surface area contributed by atoms with Crippen LogP contribution < -0.4 is 10.5 Å². The summed E-state index contributed by atoms with van der Waals surface area (Å²) >= 11 is 0. The van der Waals surface area contributed by atoms with Gasteiger partial charge in [-0.05, 0) is 35.9 Å². The summed E-state index contributed by atoms with van der Waals surface area (Å²) in [6.07, 6.45) is 0. The van der Waals surface area contributed by atoms with Crippen molar-refractivity contribution in [2.24, 2.45) is 0 Å². The molecule has 0 bridgehead atoms. The first-order valence-corrected chi connectivity index (χ1v) is 7.30. The minimum atomic E-state index is -3.88. The average molecular weight is 314 g/mol. The fourth-order valence-corrected chi connectivity index (χ4v) is 2.66. The fourth-order valence-electron chi connectivity index (χ4n) is 1.61. The van der Waals surface area contributed by atoms with Crippen LogP contribution >= 0.6 is 0 Å². The Kier molecular flexibility index (Phi) is 4.10. The van der Waals surface area contributed by atoms with Crippen LogP contribution in [0.3, 0.4) is 0 Å². The maximum Gasteiger partial charge on any atom is 0.240 e. The van der Waals surface area contributed by atoms with Gasteiger partial charge in [0.1, 0.15) is 5.75 Å². The van der Waals surface area contributed by atoms with E-state index in [2.05, 4.69) is 4.72 Å². The van der Waals surface area contributed by atoms with E-state index in [0.29, 0.717) is 0 Å². The van der Waals surface area contributed by atoms with Crippen LogP contribution in [0.1, 0.15) is 5.56 Å². The third-order valence-electron chi connectivity index (χ3n) is 2.76. The van der Waals surface area contributed by atoms with Crippen molar-refractivity contribution in [3.8, 4) is 5.75 Å². The Hall–Kier alpha value is -2.19. The lowest BCUT2D eigenvalue weighted by Gasteiger charge is -2.08. The Morgan fingerprint density at radius 1 is 1.10 bits per heavy atom. The molecular formula is C13H12F2N2O3S. The number of benzene rings is 2. The van der Waals surface area contributed by atoms with Crippen molar-refractivity contribution in [1.82, 2.24) is 4.72 Å². The van der Waals surface area contributed by atoms with E-state index in [-0.39, 0.29) is 28.4 Å². The molecule has 5 nitrogen and oxygen atoms in total. The monoisotopic (exact) mass is 314 g/mol. The molecule has 0 radical (unpaired) electrons. The zero-order chi connectivity index (χ0) is 15.6. The third-order valence-corrected chi connectivity index (χ3v) is 4.16. The number of nitrogen functional groups attached to an aromatic ring is 1. The first-order valence-electron chi connectivity index (χ1n) is 5.82. The molecular weight excluding hydrogens is 302 g/mol. The predicted molar refractivity (Wildman–Crippen MR) is 72.9 cm³/mol. The van der Waals surface area contributed by atoms with Gasteiger partial charge in [0.15, 0.2) is 11.6 Å². The Labute approximate surface area is 120 Å². The van der Waals surface area contributed by atoms with Gasteiger partial charge in [-0.3, -0.25) is 0 Å². The summed E-state index contributed by atoms with van der Waals surface area (Å²) in [6, 6.07) is 6.52. The highest BCUT2D eigenvalue weighted by molar-refractivity contribution is 7.89. The number of aromatic hydroxyl groups is 1. The van der Waals surface area contributed by atoms with Gasteiger partial charge >= 0.3 is 0 Å². The summed E-state index contributed by atoms with van der Waals surface area (Å²) in [5.74, 6) is -2.29. The highest BCUT2D eigenvalue weighted by atomic mass is 32.2. The first kappa shape index (κ1) is 15.2. The number of anilines is 1. The minimum Gasteiger partial charge on any atom is -0.506 e. The summed E-state index contributed by atoms with van der Waals surface area (Å²) in [6.45, 7) is -0.208. The number of halogens is 2. The van der Waals surface area contributed by atoms with E-state index < -0.39 is 21.7 Å². The first-order chi connectivity index (χ1) is 9.79. The number of hydrogen-bond donors (Lipinski definition) is 3. The highest BCUT2D eigenvalue weighted by Crippen LogP contribution is 2.23.